The number of amidine groups is 1. The molecule has 0 saturated heterocycles. The number of hydrogen-bond donors (Lipinski definition) is 4. The predicted octanol–water partition coefficient (Wildman–Crippen LogP) is 0.917. The molecule has 0 heterocycles. The quantitative estimate of drug-likeness (QED) is 0.308. The van der Waals surface area contributed by atoms with Gasteiger partial charge in [0.05, 0.1) is 5.25 Å². The molecule has 0 fully saturated rings. The van der Waals surface area contributed by atoms with Crippen LogP contribution in [0.4, 0.5) is 0 Å². The Labute approximate surface area is 75.1 Å². The van der Waals surface area contributed by atoms with Crippen molar-refractivity contribution in [3.05, 3.63) is 0 Å². The maximum Gasteiger partial charge on any atom is 0.384 e. The first kappa shape index (κ1) is 12.0. The van der Waals surface area contributed by atoms with E-state index in [0.29, 0.717) is 17.8 Å². The van der Waals surface area contributed by atoms with E-state index in [1.165, 1.54) is 0 Å². The van der Waals surface area contributed by atoms with Gasteiger partial charge >= 0.3 is 6.80 Å². The van der Waals surface area contributed by atoms with Crippen molar-refractivity contribution < 1.29 is 14.4 Å². The summed E-state index contributed by atoms with van der Waals surface area (Å²) in [6, 6.07) is 0. The molecule has 0 spiro atoms. The molecule has 0 amide bonds. The molecule has 0 aliphatic heterocycles. The first-order valence-electron chi connectivity index (χ1n) is 3.44. The van der Waals surface area contributed by atoms with Crippen LogP contribution in [0.5, 0.6) is 0 Å². The Morgan fingerprint density at radius 2 is 2.25 bits per heavy atom. The third-order valence-electron chi connectivity index (χ3n) is 1.16. The van der Waals surface area contributed by atoms with Crippen molar-refractivity contribution in [3.8, 4) is 0 Å². The molecular formula is C5H13N2O3PS. The van der Waals surface area contributed by atoms with Gasteiger partial charge in [-0.25, -0.2) is 4.57 Å². The third-order valence-corrected chi connectivity index (χ3v) is 3.77. The Balaban J connectivity index is 4.14. The molecule has 0 radical (unpaired) electrons. The van der Waals surface area contributed by atoms with Gasteiger partial charge in [0, 0.05) is 0 Å². The van der Waals surface area contributed by atoms with Crippen molar-refractivity contribution in [1.29, 1.82) is 5.41 Å². The molecule has 5 nitrogen and oxygen atoms in total. The average molecular weight is 212 g/mol. The van der Waals surface area contributed by atoms with Crippen LogP contribution in [-0.4, -0.2) is 20.9 Å². The Kier molecular flexibility index (Phi) is 4.85. The van der Waals surface area contributed by atoms with E-state index in [-0.39, 0.29) is 5.84 Å². The highest BCUT2D eigenvalue weighted by molar-refractivity contribution is 8.55. The van der Waals surface area contributed by atoms with Crippen molar-refractivity contribution in [2.75, 3.05) is 0 Å². The molecule has 0 rings (SSSR count). The summed E-state index contributed by atoms with van der Waals surface area (Å²) < 4.78 is 10.5. The van der Waals surface area contributed by atoms with Crippen LogP contribution in [0.2, 0.25) is 0 Å². The second-order valence-corrected chi connectivity index (χ2v) is 6.15. The summed E-state index contributed by atoms with van der Waals surface area (Å²) in [6.07, 6.45) is 1.27. The minimum absolute atomic E-state index is 0.176. The Hall–Kier alpha value is -0.0300. The van der Waals surface area contributed by atoms with Crippen molar-refractivity contribution in [2.45, 2.75) is 25.0 Å². The number of nitrogens with one attached hydrogen (secondary N) is 1. The molecule has 1 unspecified atom stereocenters. The van der Waals surface area contributed by atoms with Gasteiger partial charge in [0.1, 0.15) is 5.84 Å². The van der Waals surface area contributed by atoms with Crippen LogP contribution in [0, 0.1) is 5.41 Å². The lowest BCUT2D eigenvalue weighted by Crippen LogP contribution is -2.24. The summed E-state index contributed by atoms with van der Waals surface area (Å²) in [5, 5.41) is 6.49. The highest BCUT2D eigenvalue weighted by atomic mass is 32.7. The highest BCUT2D eigenvalue weighted by Crippen LogP contribution is 2.53. The molecule has 0 aromatic heterocycles. The van der Waals surface area contributed by atoms with Gasteiger partial charge in [-0.1, -0.05) is 13.3 Å². The van der Waals surface area contributed by atoms with Crippen LogP contribution in [0.1, 0.15) is 19.8 Å². The van der Waals surface area contributed by atoms with Gasteiger partial charge in [0.15, 0.2) is 0 Å². The van der Waals surface area contributed by atoms with E-state index < -0.39 is 12.0 Å². The first-order chi connectivity index (χ1) is 5.37. The van der Waals surface area contributed by atoms with Crippen LogP contribution < -0.4 is 5.73 Å². The summed E-state index contributed by atoms with van der Waals surface area (Å²) in [6.45, 7) is -2.24. The van der Waals surface area contributed by atoms with Crippen molar-refractivity contribution >= 4 is 24.0 Å². The number of nitrogens with two attached hydrogens (primary N) is 1. The highest BCUT2D eigenvalue weighted by Gasteiger charge is 2.23. The van der Waals surface area contributed by atoms with Gasteiger partial charge in [0.25, 0.3) is 0 Å². The van der Waals surface area contributed by atoms with E-state index >= 15 is 0 Å². The zero-order chi connectivity index (χ0) is 9.78. The lowest BCUT2D eigenvalue weighted by atomic mass is 10.2. The molecule has 12 heavy (non-hydrogen) atoms. The SMILES string of the molecule is CCCC(SP(=O)(O)O)C(=N)N. The molecule has 0 aromatic carbocycles. The smallest absolute Gasteiger partial charge is 0.384 e. The van der Waals surface area contributed by atoms with Gasteiger partial charge in [-0.2, -0.15) is 0 Å². The second-order valence-electron chi connectivity index (χ2n) is 2.33. The normalized spacial score (nSPS) is 14.2. The average Bonchev–Trinajstić information content (AvgIpc) is 1.83. The van der Waals surface area contributed by atoms with E-state index in [1.807, 2.05) is 6.92 Å². The summed E-state index contributed by atoms with van der Waals surface area (Å²) in [5.41, 5.74) is 5.15. The summed E-state index contributed by atoms with van der Waals surface area (Å²) in [4.78, 5) is 17.2. The molecular weight excluding hydrogens is 199 g/mol. The van der Waals surface area contributed by atoms with Crippen molar-refractivity contribution in [3.63, 3.8) is 0 Å². The van der Waals surface area contributed by atoms with E-state index in [1.54, 1.807) is 0 Å². The summed E-state index contributed by atoms with van der Waals surface area (Å²) in [7, 11) is 0. The van der Waals surface area contributed by atoms with Gasteiger partial charge in [-0.3, -0.25) is 5.41 Å². The van der Waals surface area contributed by atoms with Crippen LogP contribution in [0.15, 0.2) is 0 Å². The van der Waals surface area contributed by atoms with E-state index in [0.717, 1.165) is 6.42 Å². The monoisotopic (exact) mass is 212 g/mol. The fourth-order valence-electron chi connectivity index (χ4n) is 0.693. The third kappa shape index (κ3) is 5.60. The predicted molar refractivity (Wildman–Crippen MR) is 50.2 cm³/mol. The zero-order valence-electron chi connectivity index (χ0n) is 6.73. The molecule has 1 atom stereocenters. The lowest BCUT2D eigenvalue weighted by Gasteiger charge is -2.13. The maximum absolute atomic E-state index is 10.5. The van der Waals surface area contributed by atoms with Gasteiger partial charge in [-0.05, 0) is 17.8 Å². The minimum atomic E-state index is -4.11. The molecule has 5 N–H and O–H groups in total. The molecule has 0 saturated carbocycles. The Bertz CT molecular complexity index is 205. The van der Waals surface area contributed by atoms with Gasteiger partial charge in [0.2, 0.25) is 0 Å². The van der Waals surface area contributed by atoms with Crippen LogP contribution in [0.3, 0.4) is 0 Å². The van der Waals surface area contributed by atoms with Crippen LogP contribution in [0.25, 0.3) is 0 Å². The van der Waals surface area contributed by atoms with Gasteiger partial charge < -0.3 is 15.5 Å². The molecule has 0 aliphatic rings. The van der Waals surface area contributed by atoms with Gasteiger partial charge in [-0.15, -0.1) is 0 Å². The molecule has 7 heteroatoms. The lowest BCUT2D eigenvalue weighted by molar-refractivity contribution is 0.396. The maximum atomic E-state index is 10.5. The molecule has 72 valence electrons. The largest absolute Gasteiger partial charge is 0.387 e. The van der Waals surface area contributed by atoms with Crippen LogP contribution >= 0.6 is 18.2 Å². The molecule has 0 aliphatic carbocycles. The Morgan fingerprint density at radius 3 is 2.50 bits per heavy atom. The topological polar surface area (TPSA) is 107 Å². The van der Waals surface area contributed by atoms with Crippen molar-refractivity contribution in [1.82, 2.24) is 0 Å². The van der Waals surface area contributed by atoms with Crippen LogP contribution in [-0.2, 0) is 4.57 Å². The molecule has 0 aromatic rings. The van der Waals surface area contributed by atoms with E-state index in [2.05, 4.69) is 0 Å². The first-order valence-corrected chi connectivity index (χ1v) is 6.54. The number of hydrogen-bond acceptors (Lipinski definition) is 3. The fraction of sp³-hybridized carbons (Fsp3) is 0.800. The van der Waals surface area contributed by atoms with Crippen molar-refractivity contribution in [2.24, 2.45) is 5.73 Å². The molecule has 0 bridgehead atoms. The minimum Gasteiger partial charge on any atom is -0.387 e. The number of rotatable bonds is 5. The zero-order valence-corrected chi connectivity index (χ0v) is 8.44. The fourth-order valence-corrected chi connectivity index (χ4v) is 3.13. The van der Waals surface area contributed by atoms with E-state index in [4.69, 9.17) is 20.9 Å². The Morgan fingerprint density at radius 1 is 1.75 bits per heavy atom. The summed E-state index contributed by atoms with van der Waals surface area (Å²) in [5.74, 6) is -0.176. The second kappa shape index (κ2) is 4.87. The standard InChI is InChI=1S/C5H13N2O3PS/c1-2-3-4(5(6)7)12-11(8,9)10/h4H,2-3H2,1H3,(H3,6,7)(H2,8,9,10). The summed E-state index contributed by atoms with van der Waals surface area (Å²) >= 11 is 0.452. The van der Waals surface area contributed by atoms with E-state index in [9.17, 15) is 4.57 Å².